The van der Waals surface area contributed by atoms with E-state index in [1.54, 1.807) is 0 Å². The van der Waals surface area contributed by atoms with Crippen LogP contribution in [0.4, 0.5) is 5.69 Å². The van der Waals surface area contributed by atoms with Crippen molar-refractivity contribution in [1.29, 1.82) is 0 Å². The third-order valence-corrected chi connectivity index (χ3v) is 3.89. The van der Waals surface area contributed by atoms with E-state index >= 15 is 0 Å². The molecule has 0 aromatic heterocycles. The molecule has 1 unspecified atom stereocenters. The molecule has 1 atom stereocenters. The number of hydrogen-bond acceptors (Lipinski definition) is 2. The fourth-order valence-electron chi connectivity index (χ4n) is 2.86. The monoisotopic (exact) mass is 247 g/mol. The zero-order valence-corrected chi connectivity index (χ0v) is 11.3. The Morgan fingerprint density at radius 3 is 2.72 bits per heavy atom. The van der Waals surface area contributed by atoms with Gasteiger partial charge in [0.15, 0.2) is 0 Å². The van der Waals surface area contributed by atoms with Gasteiger partial charge in [-0.2, -0.15) is 0 Å². The average molecular weight is 247 g/mol. The highest BCUT2D eigenvalue weighted by molar-refractivity contribution is 5.71. The number of carboxylic acid groups (broad SMARTS) is 1. The Morgan fingerprint density at radius 1 is 1.44 bits per heavy atom. The zero-order valence-electron chi connectivity index (χ0n) is 11.3. The molecule has 98 valence electrons. The molecule has 2 rings (SSSR count). The molecule has 0 bridgehead atoms. The first-order chi connectivity index (χ1) is 8.40. The zero-order chi connectivity index (χ0) is 13.3. The quantitative estimate of drug-likeness (QED) is 0.873. The van der Waals surface area contributed by atoms with E-state index in [4.69, 9.17) is 0 Å². The molecule has 1 aliphatic heterocycles. The van der Waals surface area contributed by atoms with Gasteiger partial charge in [-0.05, 0) is 36.5 Å². The Hall–Kier alpha value is -1.51. The third-order valence-electron chi connectivity index (χ3n) is 3.89. The number of aliphatic carboxylic acids is 1. The lowest BCUT2D eigenvalue weighted by Gasteiger charge is -2.43. The van der Waals surface area contributed by atoms with Crippen molar-refractivity contribution in [3.8, 4) is 0 Å². The lowest BCUT2D eigenvalue weighted by Crippen LogP contribution is -2.48. The van der Waals surface area contributed by atoms with Crippen molar-refractivity contribution in [2.75, 3.05) is 18.0 Å². The number of anilines is 1. The Kier molecular flexibility index (Phi) is 3.33. The Morgan fingerprint density at radius 2 is 2.17 bits per heavy atom. The third kappa shape index (κ3) is 2.50. The van der Waals surface area contributed by atoms with Gasteiger partial charge in [0.2, 0.25) is 0 Å². The van der Waals surface area contributed by atoms with Crippen molar-refractivity contribution >= 4 is 11.7 Å². The van der Waals surface area contributed by atoms with E-state index in [9.17, 15) is 9.90 Å². The van der Waals surface area contributed by atoms with Gasteiger partial charge in [-0.15, -0.1) is 0 Å². The summed E-state index contributed by atoms with van der Waals surface area (Å²) in [6.07, 6.45) is 0.719. The molecular formula is C15H21NO2. The highest BCUT2D eigenvalue weighted by atomic mass is 16.4. The second kappa shape index (κ2) is 4.63. The maximum atomic E-state index is 11.2. The van der Waals surface area contributed by atoms with E-state index in [2.05, 4.69) is 36.1 Å². The Labute approximate surface area is 108 Å². The highest BCUT2D eigenvalue weighted by Gasteiger charge is 2.40. The largest absolute Gasteiger partial charge is 0.481 e. The smallest absolute Gasteiger partial charge is 0.307 e. The van der Waals surface area contributed by atoms with Gasteiger partial charge >= 0.3 is 5.97 Å². The normalized spacial score (nSPS) is 22.8. The molecule has 1 fully saturated rings. The van der Waals surface area contributed by atoms with Crippen molar-refractivity contribution in [2.24, 2.45) is 11.3 Å². The molecule has 1 N–H and O–H groups in total. The van der Waals surface area contributed by atoms with Gasteiger partial charge in [0.25, 0.3) is 0 Å². The topological polar surface area (TPSA) is 40.5 Å². The Balaban J connectivity index is 2.18. The number of carboxylic acids is 1. The van der Waals surface area contributed by atoms with Gasteiger partial charge in [-0.3, -0.25) is 4.79 Å². The molecule has 0 amide bonds. The van der Waals surface area contributed by atoms with Crippen LogP contribution in [0, 0.1) is 18.3 Å². The van der Waals surface area contributed by atoms with Crippen LogP contribution < -0.4 is 4.90 Å². The summed E-state index contributed by atoms with van der Waals surface area (Å²) in [6, 6.07) is 8.40. The molecular weight excluding hydrogens is 226 g/mol. The standard InChI is InChI=1S/C15H21NO2/c1-11-5-4-6-12(9-11)16-8-7-13(14(17)18)15(2,3)10-16/h4-6,9,13H,7-8,10H2,1-3H3,(H,17,18). The minimum atomic E-state index is -0.663. The van der Waals surface area contributed by atoms with Crippen LogP contribution in [-0.4, -0.2) is 24.2 Å². The van der Waals surface area contributed by atoms with Crippen LogP contribution in [-0.2, 0) is 4.79 Å². The maximum absolute atomic E-state index is 11.2. The highest BCUT2D eigenvalue weighted by Crippen LogP contribution is 2.37. The summed E-state index contributed by atoms with van der Waals surface area (Å²) in [5, 5.41) is 9.26. The van der Waals surface area contributed by atoms with E-state index in [0.29, 0.717) is 0 Å². The lowest BCUT2D eigenvalue weighted by atomic mass is 9.74. The minimum absolute atomic E-state index is 0.187. The first-order valence-electron chi connectivity index (χ1n) is 6.44. The number of aryl methyl sites for hydroxylation is 1. The molecule has 3 nitrogen and oxygen atoms in total. The molecule has 1 aromatic carbocycles. The molecule has 1 saturated heterocycles. The number of piperidine rings is 1. The summed E-state index contributed by atoms with van der Waals surface area (Å²) in [5.74, 6) is -0.901. The molecule has 1 aromatic rings. The second-order valence-electron chi connectivity index (χ2n) is 5.93. The molecule has 3 heteroatoms. The molecule has 0 spiro atoms. The van der Waals surface area contributed by atoms with Gasteiger partial charge in [0.1, 0.15) is 0 Å². The molecule has 1 heterocycles. The molecule has 18 heavy (non-hydrogen) atoms. The van der Waals surface area contributed by atoms with Crippen molar-refractivity contribution in [3.63, 3.8) is 0 Å². The second-order valence-corrected chi connectivity index (χ2v) is 5.93. The predicted octanol–water partition coefficient (Wildman–Crippen LogP) is 2.93. The maximum Gasteiger partial charge on any atom is 0.307 e. The fraction of sp³-hybridized carbons (Fsp3) is 0.533. The first-order valence-corrected chi connectivity index (χ1v) is 6.44. The van der Waals surface area contributed by atoms with Crippen molar-refractivity contribution in [3.05, 3.63) is 29.8 Å². The van der Waals surface area contributed by atoms with Gasteiger partial charge in [-0.25, -0.2) is 0 Å². The van der Waals surface area contributed by atoms with E-state index in [1.807, 2.05) is 13.8 Å². The number of benzene rings is 1. The van der Waals surface area contributed by atoms with Crippen LogP contribution in [0.15, 0.2) is 24.3 Å². The van der Waals surface area contributed by atoms with Crippen LogP contribution >= 0.6 is 0 Å². The summed E-state index contributed by atoms with van der Waals surface area (Å²) in [6.45, 7) is 7.80. The van der Waals surface area contributed by atoms with Gasteiger partial charge in [0, 0.05) is 18.8 Å². The number of carbonyl (C=O) groups is 1. The van der Waals surface area contributed by atoms with Gasteiger partial charge in [-0.1, -0.05) is 26.0 Å². The van der Waals surface area contributed by atoms with Crippen LogP contribution in [0.25, 0.3) is 0 Å². The predicted molar refractivity (Wildman–Crippen MR) is 72.9 cm³/mol. The molecule has 0 saturated carbocycles. The summed E-state index contributed by atoms with van der Waals surface area (Å²) in [7, 11) is 0. The van der Waals surface area contributed by atoms with Crippen LogP contribution in [0.2, 0.25) is 0 Å². The van der Waals surface area contributed by atoms with Crippen LogP contribution in [0.5, 0.6) is 0 Å². The average Bonchev–Trinajstić information content (AvgIpc) is 2.27. The van der Waals surface area contributed by atoms with Crippen molar-refractivity contribution < 1.29 is 9.90 Å². The Bertz CT molecular complexity index is 454. The fourth-order valence-corrected chi connectivity index (χ4v) is 2.86. The van der Waals surface area contributed by atoms with Crippen molar-refractivity contribution in [1.82, 2.24) is 0 Å². The molecule has 0 aliphatic carbocycles. The summed E-state index contributed by atoms with van der Waals surface area (Å²) in [5.41, 5.74) is 2.26. The summed E-state index contributed by atoms with van der Waals surface area (Å²) >= 11 is 0. The minimum Gasteiger partial charge on any atom is -0.481 e. The van der Waals surface area contributed by atoms with E-state index < -0.39 is 5.97 Å². The summed E-state index contributed by atoms with van der Waals surface area (Å²) in [4.78, 5) is 13.5. The molecule has 1 aliphatic rings. The molecule has 0 radical (unpaired) electrons. The number of hydrogen-bond donors (Lipinski definition) is 1. The van der Waals surface area contributed by atoms with Crippen LogP contribution in [0.1, 0.15) is 25.8 Å². The van der Waals surface area contributed by atoms with Gasteiger partial charge in [0.05, 0.1) is 5.92 Å². The first kappa shape index (κ1) is 12.9. The number of nitrogens with zero attached hydrogens (tertiary/aromatic N) is 1. The lowest BCUT2D eigenvalue weighted by molar-refractivity contribution is -0.146. The van der Waals surface area contributed by atoms with E-state index in [-0.39, 0.29) is 11.3 Å². The summed E-state index contributed by atoms with van der Waals surface area (Å²) < 4.78 is 0. The number of rotatable bonds is 2. The van der Waals surface area contributed by atoms with Gasteiger partial charge < -0.3 is 10.0 Å². The van der Waals surface area contributed by atoms with E-state index in [1.165, 1.54) is 11.3 Å². The van der Waals surface area contributed by atoms with Crippen molar-refractivity contribution in [2.45, 2.75) is 27.2 Å². The van der Waals surface area contributed by atoms with Crippen LogP contribution in [0.3, 0.4) is 0 Å². The SMILES string of the molecule is Cc1cccc(N2CCC(C(=O)O)C(C)(C)C2)c1. The van der Waals surface area contributed by atoms with E-state index in [0.717, 1.165) is 19.5 Å².